The van der Waals surface area contributed by atoms with Crippen molar-refractivity contribution in [2.75, 3.05) is 52.7 Å². The SMILES string of the molecule is O=C(COc1ccc(Cl)cc1Cl)OCCN(CCO)CCOC(=O)COc1ccc(Cl)cc1Cl. The van der Waals surface area contributed by atoms with Crippen molar-refractivity contribution in [3.05, 3.63) is 56.5 Å². The predicted octanol–water partition coefficient (Wildman–Crippen LogP) is 4.14. The third-order valence-corrected chi connectivity index (χ3v) is 5.30. The number of aliphatic hydroxyl groups excluding tert-OH is 1. The number of aliphatic hydroxyl groups is 1. The highest BCUT2D eigenvalue weighted by molar-refractivity contribution is 6.36. The van der Waals surface area contributed by atoms with E-state index in [4.69, 9.17) is 65.4 Å². The Bertz CT molecular complexity index is 887. The van der Waals surface area contributed by atoms with Crippen LogP contribution in [0.1, 0.15) is 0 Å². The van der Waals surface area contributed by atoms with E-state index in [1.807, 2.05) is 0 Å². The Hall–Kier alpha value is -1.94. The molecule has 0 unspecified atom stereocenters. The molecule has 8 nitrogen and oxygen atoms in total. The number of esters is 2. The van der Waals surface area contributed by atoms with Crippen LogP contribution in [-0.2, 0) is 19.1 Å². The molecular formula is C22H23Cl4NO7. The van der Waals surface area contributed by atoms with Crippen LogP contribution in [0.4, 0.5) is 0 Å². The summed E-state index contributed by atoms with van der Waals surface area (Å²) in [4.78, 5) is 25.5. The van der Waals surface area contributed by atoms with Gasteiger partial charge >= 0.3 is 11.9 Å². The standard InChI is InChI=1S/C22H23Cl4NO7/c23-15-1-3-19(17(25)11-15)33-13-21(29)31-9-6-27(5-8-28)7-10-32-22(30)14-34-20-4-2-16(24)12-18(20)26/h1-4,11-12,28H,5-10,13-14H2. The summed E-state index contributed by atoms with van der Waals surface area (Å²) in [6, 6.07) is 9.29. The van der Waals surface area contributed by atoms with Crippen LogP contribution in [0.3, 0.4) is 0 Å². The van der Waals surface area contributed by atoms with Crippen LogP contribution in [0.25, 0.3) is 0 Å². The van der Waals surface area contributed by atoms with Crippen molar-refractivity contribution in [3.8, 4) is 11.5 Å². The van der Waals surface area contributed by atoms with Crippen LogP contribution in [0, 0.1) is 0 Å². The fraction of sp³-hybridized carbons (Fsp3) is 0.364. The second-order valence-electron chi connectivity index (χ2n) is 6.73. The molecular weight excluding hydrogens is 532 g/mol. The van der Waals surface area contributed by atoms with Gasteiger partial charge in [0.25, 0.3) is 0 Å². The lowest BCUT2D eigenvalue weighted by molar-refractivity contribution is -0.146. The van der Waals surface area contributed by atoms with E-state index in [2.05, 4.69) is 0 Å². The van der Waals surface area contributed by atoms with E-state index in [0.717, 1.165) is 0 Å². The van der Waals surface area contributed by atoms with E-state index in [1.54, 1.807) is 29.2 Å². The van der Waals surface area contributed by atoms with Gasteiger partial charge in [0.05, 0.1) is 16.7 Å². The first kappa shape index (κ1) is 28.3. The Morgan fingerprint density at radius 1 is 0.735 bits per heavy atom. The molecule has 0 saturated carbocycles. The van der Waals surface area contributed by atoms with Gasteiger partial charge in [-0.1, -0.05) is 46.4 Å². The van der Waals surface area contributed by atoms with Crippen molar-refractivity contribution >= 4 is 58.3 Å². The molecule has 0 aliphatic carbocycles. The van der Waals surface area contributed by atoms with Crippen molar-refractivity contribution in [1.29, 1.82) is 0 Å². The Morgan fingerprint density at radius 3 is 1.56 bits per heavy atom. The fourth-order valence-electron chi connectivity index (χ4n) is 2.60. The summed E-state index contributed by atoms with van der Waals surface area (Å²) in [6.07, 6.45) is 0. The summed E-state index contributed by atoms with van der Waals surface area (Å²) in [6.45, 7) is 0.310. The van der Waals surface area contributed by atoms with Crippen LogP contribution >= 0.6 is 46.4 Å². The second kappa shape index (κ2) is 15.1. The van der Waals surface area contributed by atoms with E-state index >= 15 is 0 Å². The maximum atomic E-state index is 11.9. The quantitative estimate of drug-likeness (QED) is 0.348. The molecule has 186 valence electrons. The van der Waals surface area contributed by atoms with E-state index in [-0.39, 0.29) is 43.1 Å². The summed E-state index contributed by atoms with van der Waals surface area (Å²) in [5.41, 5.74) is 0. The second-order valence-corrected chi connectivity index (χ2v) is 8.42. The summed E-state index contributed by atoms with van der Waals surface area (Å²) in [7, 11) is 0. The van der Waals surface area contributed by atoms with Crippen molar-refractivity contribution in [2.45, 2.75) is 0 Å². The van der Waals surface area contributed by atoms with Crippen LogP contribution in [-0.4, -0.2) is 74.6 Å². The average Bonchev–Trinajstić information content (AvgIpc) is 2.78. The first-order valence-corrected chi connectivity index (χ1v) is 11.6. The predicted molar refractivity (Wildman–Crippen MR) is 129 cm³/mol. The third-order valence-electron chi connectivity index (χ3n) is 4.24. The highest BCUT2D eigenvalue weighted by atomic mass is 35.5. The lowest BCUT2D eigenvalue weighted by atomic mass is 10.3. The molecule has 0 saturated heterocycles. The highest BCUT2D eigenvalue weighted by Gasteiger charge is 2.12. The molecule has 0 amide bonds. The van der Waals surface area contributed by atoms with Gasteiger partial charge in [0.1, 0.15) is 24.7 Å². The lowest BCUT2D eigenvalue weighted by Gasteiger charge is -2.21. The highest BCUT2D eigenvalue weighted by Crippen LogP contribution is 2.28. The van der Waals surface area contributed by atoms with Gasteiger partial charge in [0.2, 0.25) is 0 Å². The third kappa shape index (κ3) is 10.5. The van der Waals surface area contributed by atoms with Crippen molar-refractivity contribution < 1.29 is 33.6 Å². The summed E-state index contributed by atoms with van der Waals surface area (Å²) < 4.78 is 20.9. The van der Waals surface area contributed by atoms with Crippen LogP contribution in [0.2, 0.25) is 20.1 Å². The van der Waals surface area contributed by atoms with E-state index in [9.17, 15) is 14.7 Å². The molecule has 12 heteroatoms. The van der Waals surface area contributed by atoms with Crippen molar-refractivity contribution in [2.24, 2.45) is 0 Å². The van der Waals surface area contributed by atoms with Crippen LogP contribution in [0.5, 0.6) is 11.5 Å². The number of hydrogen-bond donors (Lipinski definition) is 1. The van der Waals surface area contributed by atoms with E-state index < -0.39 is 11.9 Å². The van der Waals surface area contributed by atoms with Gasteiger partial charge in [-0.3, -0.25) is 4.90 Å². The number of benzene rings is 2. The topological polar surface area (TPSA) is 94.5 Å². The van der Waals surface area contributed by atoms with Gasteiger partial charge in [-0.25, -0.2) is 9.59 Å². The fourth-order valence-corrected chi connectivity index (χ4v) is 3.52. The zero-order valence-corrected chi connectivity index (χ0v) is 21.0. The first-order chi connectivity index (χ1) is 16.3. The minimum atomic E-state index is -0.584. The number of nitrogens with zero attached hydrogens (tertiary/aromatic N) is 1. The van der Waals surface area contributed by atoms with Gasteiger partial charge in [-0.2, -0.15) is 0 Å². The molecule has 0 bridgehead atoms. The average molecular weight is 555 g/mol. The summed E-state index contributed by atoms with van der Waals surface area (Å²) >= 11 is 23.6. The van der Waals surface area contributed by atoms with Gasteiger partial charge < -0.3 is 24.1 Å². The molecule has 34 heavy (non-hydrogen) atoms. The lowest BCUT2D eigenvalue weighted by Crippen LogP contribution is -2.35. The number of halogens is 4. The molecule has 0 aliphatic heterocycles. The van der Waals surface area contributed by atoms with Crippen molar-refractivity contribution in [3.63, 3.8) is 0 Å². The molecule has 0 radical (unpaired) electrons. The molecule has 2 rings (SSSR count). The number of hydrogen-bond acceptors (Lipinski definition) is 8. The Labute approximate surface area is 217 Å². The zero-order chi connectivity index (χ0) is 24.9. The number of carbonyl (C=O) groups is 2. The first-order valence-electron chi connectivity index (χ1n) is 10.1. The maximum Gasteiger partial charge on any atom is 0.344 e. The Morgan fingerprint density at radius 2 is 1.18 bits per heavy atom. The molecule has 2 aromatic carbocycles. The van der Waals surface area contributed by atoms with Crippen LogP contribution < -0.4 is 9.47 Å². The summed E-state index contributed by atoms with van der Waals surface area (Å²) in [5, 5.41) is 10.7. The molecule has 0 heterocycles. The van der Waals surface area contributed by atoms with E-state index in [0.29, 0.717) is 41.2 Å². The number of rotatable bonds is 14. The molecule has 0 aliphatic rings. The minimum Gasteiger partial charge on any atom is -0.480 e. The van der Waals surface area contributed by atoms with Crippen molar-refractivity contribution in [1.82, 2.24) is 4.90 Å². The molecule has 0 spiro atoms. The Kier molecular flexibility index (Phi) is 12.6. The minimum absolute atomic E-state index is 0.0582. The maximum absolute atomic E-state index is 11.9. The molecule has 0 aromatic heterocycles. The van der Waals surface area contributed by atoms with Gasteiger partial charge in [0, 0.05) is 29.7 Å². The molecule has 0 fully saturated rings. The normalized spacial score (nSPS) is 10.8. The van der Waals surface area contributed by atoms with Gasteiger partial charge in [-0.15, -0.1) is 0 Å². The summed E-state index contributed by atoms with van der Waals surface area (Å²) in [5.74, 6) is -0.540. The van der Waals surface area contributed by atoms with Gasteiger partial charge in [-0.05, 0) is 36.4 Å². The monoisotopic (exact) mass is 553 g/mol. The van der Waals surface area contributed by atoms with E-state index in [1.165, 1.54) is 12.1 Å². The Balaban J connectivity index is 1.64. The molecule has 1 N–H and O–H groups in total. The van der Waals surface area contributed by atoms with Gasteiger partial charge in [0.15, 0.2) is 13.2 Å². The zero-order valence-electron chi connectivity index (χ0n) is 18.0. The number of ether oxygens (including phenoxy) is 4. The van der Waals surface area contributed by atoms with Crippen LogP contribution in [0.15, 0.2) is 36.4 Å². The smallest absolute Gasteiger partial charge is 0.344 e. The molecule has 2 aromatic rings. The molecule has 0 atom stereocenters. The number of carbonyl (C=O) groups excluding carboxylic acids is 2. The largest absolute Gasteiger partial charge is 0.480 e.